The molecule has 2 aliphatic carbocycles. The second kappa shape index (κ2) is 7.51. The first-order valence-corrected chi connectivity index (χ1v) is 10.1. The van der Waals surface area contributed by atoms with E-state index in [1.807, 2.05) is 18.2 Å². The minimum atomic E-state index is -0.137. The van der Waals surface area contributed by atoms with Crippen LogP contribution in [0.15, 0.2) is 60.9 Å². The topological polar surface area (TPSA) is 42.0 Å². The van der Waals surface area contributed by atoms with E-state index < -0.39 is 0 Å². The van der Waals surface area contributed by atoms with Crippen LogP contribution in [0.25, 0.3) is 18.2 Å². The van der Waals surface area contributed by atoms with Crippen molar-refractivity contribution in [2.45, 2.75) is 25.7 Å². The van der Waals surface area contributed by atoms with Gasteiger partial charge in [-0.15, -0.1) is 0 Å². The maximum atomic E-state index is 12.3. The zero-order valence-corrected chi connectivity index (χ0v) is 16.2. The summed E-state index contributed by atoms with van der Waals surface area (Å²) in [5.41, 5.74) is 4.77. The number of anilines is 1. The van der Waals surface area contributed by atoms with Crippen LogP contribution in [0.4, 0.5) is 5.69 Å². The number of aromatic nitrogens is 1. The van der Waals surface area contributed by atoms with Crippen molar-refractivity contribution in [3.05, 3.63) is 98.5 Å². The number of benzene rings is 2. The molecule has 1 heterocycles. The van der Waals surface area contributed by atoms with Gasteiger partial charge in [0.05, 0.1) is 0 Å². The third-order valence-corrected chi connectivity index (χ3v) is 5.73. The van der Waals surface area contributed by atoms with E-state index in [1.54, 1.807) is 24.5 Å². The SMILES string of the molecule is O=C(C=Cc1ccncc1)Nc1ccc2c(c1)=CCc1c3c(ccc1=2)=CCCC3. The molecule has 3 aromatic rings. The molecule has 0 saturated heterocycles. The van der Waals surface area contributed by atoms with Crippen molar-refractivity contribution in [1.82, 2.24) is 4.98 Å². The Bertz CT molecular complexity index is 1340. The van der Waals surface area contributed by atoms with Gasteiger partial charge in [0.15, 0.2) is 0 Å². The normalized spacial score (nSPS) is 14.2. The van der Waals surface area contributed by atoms with Crippen LogP contribution in [0.5, 0.6) is 0 Å². The highest BCUT2D eigenvalue weighted by atomic mass is 16.1. The Morgan fingerprint density at radius 1 is 0.931 bits per heavy atom. The molecule has 0 aliphatic heterocycles. The van der Waals surface area contributed by atoms with Crippen LogP contribution in [-0.2, 0) is 17.6 Å². The van der Waals surface area contributed by atoms with E-state index in [2.05, 4.69) is 46.7 Å². The van der Waals surface area contributed by atoms with Crippen LogP contribution >= 0.6 is 0 Å². The van der Waals surface area contributed by atoms with Gasteiger partial charge in [0.2, 0.25) is 5.91 Å². The molecule has 0 spiro atoms. The molecule has 0 saturated carbocycles. The fraction of sp³-hybridized carbons (Fsp3) is 0.154. The average molecular weight is 378 g/mol. The van der Waals surface area contributed by atoms with Gasteiger partial charge < -0.3 is 5.32 Å². The number of nitrogens with zero attached hydrogens (tertiary/aromatic N) is 1. The fourth-order valence-electron chi connectivity index (χ4n) is 4.32. The second-order valence-corrected chi connectivity index (χ2v) is 7.57. The van der Waals surface area contributed by atoms with Crippen LogP contribution in [0, 0.1) is 10.4 Å². The first kappa shape index (κ1) is 17.6. The average Bonchev–Trinajstić information content (AvgIpc) is 2.78. The largest absolute Gasteiger partial charge is 0.322 e. The van der Waals surface area contributed by atoms with Gasteiger partial charge in [-0.05, 0) is 93.6 Å². The van der Waals surface area contributed by atoms with Gasteiger partial charge in [0, 0.05) is 24.2 Å². The van der Waals surface area contributed by atoms with Crippen LogP contribution < -0.4 is 15.8 Å². The molecule has 0 atom stereocenters. The molecule has 2 aromatic carbocycles. The maximum Gasteiger partial charge on any atom is 0.248 e. The number of hydrogen-bond donors (Lipinski definition) is 1. The molecule has 1 aromatic heterocycles. The lowest BCUT2D eigenvalue weighted by molar-refractivity contribution is -0.111. The summed E-state index contributed by atoms with van der Waals surface area (Å²) in [6.45, 7) is 0. The molecule has 3 heteroatoms. The van der Waals surface area contributed by atoms with Crippen LogP contribution in [0.3, 0.4) is 0 Å². The van der Waals surface area contributed by atoms with E-state index in [1.165, 1.54) is 51.3 Å². The minimum Gasteiger partial charge on any atom is -0.322 e. The van der Waals surface area contributed by atoms with E-state index in [0.717, 1.165) is 17.7 Å². The third kappa shape index (κ3) is 3.52. The quantitative estimate of drug-likeness (QED) is 0.709. The molecule has 142 valence electrons. The summed E-state index contributed by atoms with van der Waals surface area (Å²) in [7, 11) is 0. The molecular formula is C26H22N2O. The number of hydrogen-bond acceptors (Lipinski definition) is 2. The summed E-state index contributed by atoms with van der Waals surface area (Å²) in [6, 6.07) is 14.5. The highest BCUT2D eigenvalue weighted by molar-refractivity contribution is 6.01. The van der Waals surface area contributed by atoms with E-state index in [0.29, 0.717) is 0 Å². The fourth-order valence-corrected chi connectivity index (χ4v) is 4.32. The van der Waals surface area contributed by atoms with Gasteiger partial charge in [0.1, 0.15) is 0 Å². The monoisotopic (exact) mass is 378 g/mol. The van der Waals surface area contributed by atoms with Gasteiger partial charge in [0.25, 0.3) is 0 Å². The second-order valence-electron chi connectivity index (χ2n) is 7.57. The predicted octanol–water partition coefficient (Wildman–Crippen LogP) is 3.47. The van der Waals surface area contributed by atoms with Gasteiger partial charge in [-0.25, -0.2) is 0 Å². The first-order chi connectivity index (χ1) is 14.3. The van der Waals surface area contributed by atoms with E-state index >= 15 is 0 Å². The Hall–Kier alpha value is -3.46. The molecule has 29 heavy (non-hydrogen) atoms. The standard InChI is InChI=1S/C26H22N2O/c29-26(12-5-18-13-15-27-16-14-18)28-21-8-11-23-20(17-21)7-10-24-22-4-2-1-3-19(22)6-9-25(23)24/h3,5-9,11-17H,1-2,4,10H2,(H,28,29). The molecule has 0 unspecified atom stereocenters. The summed E-state index contributed by atoms with van der Waals surface area (Å²) in [5.74, 6) is -0.137. The molecule has 1 N–H and O–H groups in total. The number of pyridine rings is 1. The number of fused-ring (bicyclic) bond motifs is 4. The molecule has 1 amide bonds. The lowest BCUT2D eigenvalue weighted by Crippen LogP contribution is -2.20. The van der Waals surface area contributed by atoms with Crippen molar-refractivity contribution < 1.29 is 4.79 Å². The smallest absolute Gasteiger partial charge is 0.248 e. The molecule has 0 bridgehead atoms. The summed E-state index contributed by atoms with van der Waals surface area (Å²) >= 11 is 0. The Kier molecular flexibility index (Phi) is 4.57. The van der Waals surface area contributed by atoms with Crippen molar-refractivity contribution in [3.8, 4) is 0 Å². The summed E-state index contributed by atoms with van der Waals surface area (Å²) in [6.07, 6.45) is 16.0. The van der Waals surface area contributed by atoms with Gasteiger partial charge >= 0.3 is 0 Å². The van der Waals surface area contributed by atoms with E-state index in [-0.39, 0.29) is 5.91 Å². The highest BCUT2D eigenvalue weighted by Gasteiger charge is 2.11. The summed E-state index contributed by atoms with van der Waals surface area (Å²) in [5, 5.41) is 8.17. The molecule has 2 aliphatic rings. The zero-order valence-electron chi connectivity index (χ0n) is 16.2. The number of rotatable bonds is 3. The first-order valence-electron chi connectivity index (χ1n) is 10.1. The molecule has 0 fully saturated rings. The Morgan fingerprint density at radius 2 is 1.79 bits per heavy atom. The van der Waals surface area contributed by atoms with Crippen LogP contribution in [-0.4, -0.2) is 10.9 Å². The van der Waals surface area contributed by atoms with Crippen molar-refractivity contribution in [3.63, 3.8) is 0 Å². The van der Waals surface area contributed by atoms with Crippen LogP contribution in [0.1, 0.15) is 29.5 Å². The van der Waals surface area contributed by atoms with Crippen molar-refractivity contribution in [2.75, 3.05) is 5.32 Å². The third-order valence-electron chi connectivity index (χ3n) is 5.73. The summed E-state index contributed by atoms with van der Waals surface area (Å²) < 4.78 is 0. The highest BCUT2D eigenvalue weighted by Crippen LogP contribution is 2.18. The number of carbonyl (C=O) groups excluding carboxylic acids is 1. The Balaban J connectivity index is 1.47. The molecular weight excluding hydrogens is 356 g/mol. The Labute approximate surface area is 169 Å². The van der Waals surface area contributed by atoms with Gasteiger partial charge in [-0.3, -0.25) is 9.78 Å². The maximum absolute atomic E-state index is 12.3. The van der Waals surface area contributed by atoms with Crippen molar-refractivity contribution in [2.24, 2.45) is 0 Å². The zero-order chi connectivity index (χ0) is 19.6. The number of carbonyl (C=O) groups is 1. The van der Waals surface area contributed by atoms with Crippen molar-refractivity contribution in [1.29, 1.82) is 0 Å². The lowest BCUT2D eigenvalue weighted by Gasteiger charge is -2.16. The number of amides is 1. The van der Waals surface area contributed by atoms with Gasteiger partial charge in [-0.2, -0.15) is 0 Å². The van der Waals surface area contributed by atoms with E-state index in [4.69, 9.17) is 0 Å². The minimum absolute atomic E-state index is 0.137. The Morgan fingerprint density at radius 3 is 2.69 bits per heavy atom. The van der Waals surface area contributed by atoms with Gasteiger partial charge in [-0.1, -0.05) is 30.4 Å². The predicted molar refractivity (Wildman–Crippen MR) is 117 cm³/mol. The lowest BCUT2D eigenvalue weighted by atomic mass is 9.89. The van der Waals surface area contributed by atoms with Crippen molar-refractivity contribution >= 4 is 29.8 Å². The molecule has 3 nitrogen and oxygen atoms in total. The number of nitrogens with one attached hydrogen (secondary N) is 1. The summed E-state index contributed by atoms with van der Waals surface area (Å²) in [4.78, 5) is 16.3. The molecule has 0 radical (unpaired) electrons. The molecule has 5 rings (SSSR count). The van der Waals surface area contributed by atoms with Crippen LogP contribution in [0.2, 0.25) is 0 Å². The van der Waals surface area contributed by atoms with E-state index in [9.17, 15) is 4.79 Å².